The summed E-state index contributed by atoms with van der Waals surface area (Å²) < 4.78 is 0. The molecule has 0 atom stereocenters. The standard InChI is InChI=1S/C47H31N/c1-3-13-32(14-4-1)33-23-26-36(27-24-33)48(35-16-5-2-6-17-35)37-28-30-41-42-29-25-34-15-7-8-18-38(34)46(42)47(45(41)31-37)43-21-11-9-19-39(43)40-20-10-12-22-44(40)47/h1-31H. The molecule has 0 unspecified atom stereocenters. The first kappa shape index (κ1) is 27.0. The Hall–Kier alpha value is -6.18. The Morgan fingerprint density at radius 3 is 1.58 bits per heavy atom. The molecular formula is C47H31N. The number of para-hydroxylation sites is 1. The molecule has 1 spiro atoms. The molecule has 0 aliphatic heterocycles. The van der Waals surface area contributed by atoms with Crippen LogP contribution in [0.3, 0.4) is 0 Å². The van der Waals surface area contributed by atoms with Crippen LogP contribution in [-0.4, -0.2) is 0 Å². The molecule has 8 aromatic rings. The van der Waals surface area contributed by atoms with E-state index in [2.05, 4.69) is 193 Å². The smallest absolute Gasteiger partial charge is 0.0732 e. The Balaban J connectivity index is 1.25. The van der Waals surface area contributed by atoms with Crippen LogP contribution in [0.25, 0.3) is 44.2 Å². The maximum absolute atomic E-state index is 2.47. The van der Waals surface area contributed by atoms with Gasteiger partial charge in [-0.05, 0) is 103 Å². The molecule has 0 N–H and O–H groups in total. The van der Waals surface area contributed by atoms with E-state index in [9.17, 15) is 0 Å². The summed E-state index contributed by atoms with van der Waals surface area (Å²) in [5, 5.41) is 2.59. The minimum Gasteiger partial charge on any atom is -0.310 e. The van der Waals surface area contributed by atoms with Gasteiger partial charge >= 0.3 is 0 Å². The normalized spacial score (nSPS) is 13.2. The van der Waals surface area contributed by atoms with Crippen molar-refractivity contribution >= 4 is 27.8 Å². The lowest BCUT2D eigenvalue weighted by atomic mass is 9.69. The van der Waals surface area contributed by atoms with Crippen molar-refractivity contribution in [3.63, 3.8) is 0 Å². The molecule has 0 saturated heterocycles. The average molecular weight is 610 g/mol. The highest BCUT2D eigenvalue weighted by atomic mass is 15.1. The van der Waals surface area contributed by atoms with Crippen LogP contribution in [0, 0.1) is 0 Å². The molecule has 0 saturated carbocycles. The topological polar surface area (TPSA) is 3.24 Å². The maximum Gasteiger partial charge on any atom is 0.0732 e. The Morgan fingerprint density at radius 2 is 0.854 bits per heavy atom. The second kappa shape index (κ2) is 10.4. The lowest BCUT2D eigenvalue weighted by Crippen LogP contribution is -2.26. The van der Waals surface area contributed by atoms with Crippen molar-refractivity contribution in [1.82, 2.24) is 0 Å². The predicted octanol–water partition coefficient (Wildman–Crippen LogP) is 12.3. The largest absolute Gasteiger partial charge is 0.310 e. The maximum atomic E-state index is 2.47. The predicted molar refractivity (Wildman–Crippen MR) is 200 cm³/mol. The Morgan fingerprint density at radius 1 is 0.333 bits per heavy atom. The molecule has 1 nitrogen and oxygen atoms in total. The highest BCUT2D eigenvalue weighted by Crippen LogP contribution is 2.64. The van der Waals surface area contributed by atoms with Gasteiger partial charge < -0.3 is 4.90 Å². The van der Waals surface area contributed by atoms with Crippen molar-refractivity contribution in [3.05, 3.63) is 210 Å². The minimum atomic E-state index is -0.436. The Bertz CT molecular complexity index is 2450. The van der Waals surface area contributed by atoms with Crippen LogP contribution < -0.4 is 4.90 Å². The summed E-state index contributed by atoms with van der Waals surface area (Å²) in [6.07, 6.45) is 0. The van der Waals surface area contributed by atoms with Gasteiger partial charge in [-0.25, -0.2) is 0 Å². The molecule has 1 heteroatoms. The molecule has 0 amide bonds. The fourth-order valence-corrected chi connectivity index (χ4v) is 8.50. The fourth-order valence-electron chi connectivity index (χ4n) is 8.50. The monoisotopic (exact) mass is 609 g/mol. The number of fused-ring (bicyclic) bond motifs is 12. The van der Waals surface area contributed by atoms with Gasteiger partial charge in [-0.3, -0.25) is 0 Å². The zero-order valence-electron chi connectivity index (χ0n) is 26.3. The summed E-state index contributed by atoms with van der Waals surface area (Å²) >= 11 is 0. The second-order valence-electron chi connectivity index (χ2n) is 12.9. The summed E-state index contributed by atoms with van der Waals surface area (Å²) in [5.41, 5.74) is 16.1. The van der Waals surface area contributed by atoms with Crippen molar-refractivity contribution in [2.75, 3.05) is 4.90 Å². The molecule has 0 aromatic heterocycles. The van der Waals surface area contributed by atoms with Crippen LogP contribution in [0.4, 0.5) is 17.1 Å². The van der Waals surface area contributed by atoms with Gasteiger partial charge in [-0.15, -0.1) is 0 Å². The molecule has 0 radical (unpaired) electrons. The third-order valence-electron chi connectivity index (χ3n) is 10.5. The number of anilines is 3. The lowest BCUT2D eigenvalue weighted by molar-refractivity contribution is 0.801. The number of rotatable bonds is 4. The summed E-state index contributed by atoms with van der Waals surface area (Å²) in [5.74, 6) is 0. The van der Waals surface area contributed by atoms with Gasteiger partial charge in [0.05, 0.1) is 5.41 Å². The van der Waals surface area contributed by atoms with Crippen LogP contribution in [-0.2, 0) is 5.41 Å². The minimum absolute atomic E-state index is 0.436. The molecule has 2 aliphatic carbocycles. The summed E-state index contributed by atoms with van der Waals surface area (Å²) in [6.45, 7) is 0. The van der Waals surface area contributed by atoms with Gasteiger partial charge in [-0.2, -0.15) is 0 Å². The molecule has 0 fully saturated rings. The van der Waals surface area contributed by atoms with Gasteiger partial charge in [-0.1, -0.05) is 152 Å². The highest BCUT2D eigenvalue weighted by Gasteiger charge is 2.52. The third-order valence-corrected chi connectivity index (χ3v) is 10.5. The van der Waals surface area contributed by atoms with E-state index in [1.54, 1.807) is 0 Å². The first-order valence-electron chi connectivity index (χ1n) is 16.7. The SMILES string of the molecule is c1ccc(-c2ccc(N(c3ccccc3)c3ccc4c(c3)C3(c5ccccc5-c5ccccc53)c3c-4ccc4ccccc34)cc2)cc1. The van der Waals surface area contributed by atoms with E-state index in [1.165, 1.54) is 66.4 Å². The summed E-state index contributed by atoms with van der Waals surface area (Å²) in [4.78, 5) is 2.40. The van der Waals surface area contributed by atoms with Crippen molar-refractivity contribution in [3.8, 4) is 33.4 Å². The Kier molecular flexibility index (Phi) is 5.86. The number of nitrogens with zero attached hydrogens (tertiary/aromatic N) is 1. The van der Waals surface area contributed by atoms with E-state index < -0.39 is 5.41 Å². The zero-order valence-corrected chi connectivity index (χ0v) is 26.3. The van der Waals surface area contributed by atoms with Gasteiger partial charge in [0.1, 0.15) is 0 Å². The van der Waals surface area contributed by atoms with E-state index in [-0.39, 0.29) is 0 Å². The van der Waals surface area contributed by atoms with E-state index in [4.69, 9.17) is 0 Å². The lowest BCUT2D eigenvalue weighted by Gasteiger charge is -2.33. The summed E-state index contributed by atoms with van der Waals surface area (Å²) in [7, 11) is 0. The quantitative estimate of drug-likeness (QED) is 0.192. The average Bonchev–Trinajstić information content (AvgIpc) is 3.63. The Labute approximate surface area is 281 Å². The van der Waals surface area contributed by atoms with Crippen LogP contribution >= 0.6 is 0 Å². The number of benzene rings is 8. The van der Waals surface area contributed by atoms with E-state index in [1.807, 2.05) is 0 Å². The van der Waals surface area contributed by atoms with Crippen LogP contribution in [0.5, 0.6) is 0 Å². The van der Waals surface area contributed by atoms with Gasteiger partial charge in [0.2, 0.25) is 0 Å². The molecule has 48 heavy (non-hydrogen) atoms. The molecule has 224 valence electrons. The van der Waals surface area contributed by atoms with Gasteiger partial charge in [0.15, 0.2) is 0 Å². The number of hydrogen-bond donors (Lipinski definition) is 0. The molecule has 0 bridgehead atoms. The van der Waals surface area contributed by atoms with Crippen molar-refractivity contribution in [1.29, 1.82) is 0 Å². The van der Waals surface area contributed by atoms with Crippen LogP contribution in [0.2, 0.25) is 0 Å². The van der Waals surface area contributed by atoms with Gasteiger partial charge in [0, 0.05) is 17.1 Å². The van der Waals surface area contributed by atoms with Crippen molar-refractivity contribution in [2.24, 2.45) is 0 Å². The van der Waals surface area contributed by atoms with Crippen molar-refractivity contribution < 1.29 is 0 Å². The third kappa shape index (κ3) is 3.73. The second-order valence-corrected chi connectivity index (χ2v) is 12.9. The highest BCUT2D eigenvalue weighted by molar-refractivity contribution is 6.04. The van der Waals surface area contributed by atoms with Crippen LogP contribution in [0.1, 0.15) is 22.3 Å². The van der Waals surface area contributed by atoms with E-state index in [0.717, 1.165) is 17.1 Å². The molecular weight excluding hydrogens is 579 g/mol. The van der Waals surface area contributed by atoms with E-state index in [0.29, 0.717) is 0 Å². The number of hydrogen-bond acceptors (Lipinski definition) is 1. The van der Waals surface area contributed by atoms with Crippen LogP contribution in [0.15, 0.2) is 188 Å². The fraction of sp³-hybridized carbons (Fsp3) is 0.0213. The molecule has 2 aliphatic rings. The molecule has 8 aromatic carbocycles. The van der Waals surface area contributed by atoms with Gasteiger partial charge in [0.25, 0.3) is 0 Å². The first-order valence-corrected chi connectivity index (χ1v) is 16.7. The zero-order chi connectivity index (χ0) is 31.7. The molecule has 0 heterocycles. The van der Waals surface area contributed by atoms with E-state index >= 15 is 0 Å². The first-order chi connectivity index (χ1) is 23.8. The summed E-state index contributed by atoms with van der Waals surface area (Å²) in [6, 6.07) is 69.1. The molecule has 10 rings (SSSR count). The van der Waals surface area contributed by atoms with Crippen molar-refractivity contribution in [2.45, 2.75) is 5.41 Å².